The van der Waals surface area contributed by atoms with Gasteiger partial charge in [0, 0.05) is 37.7 Å². The maximum absolute atomic E-state index is 13.7. The van der Waals surface area contributed by atoms with E-state index in [1.807, 2.05) is 30.3 Å². The molecule has 4 N–H and O–H groups in total. The normalized spacial score (nSPS) is 15.2. The molecular formula is C33H32ClN3O8S2. The Balaban J connectivity index is 1.22. The molecule has 11 nitrogen and oxygen atoms in total. The lowest BCUT2D eigenvalue weighted by Crippen LogP contribution is -2.37. The van der Waals surface area contributed by atoms with E-state index in [4.69, 9.17) is 11.6 Å². The first-order chi connectivity index (χ1) is 22.3. The van der Waals surface area contributed by atoms with Gasteiger partial charge in [0.1, 0.15) is 4.90 Å². The summed E-state index contributed by atoms with van der Waals surface area (Å²) >= 11 is 5.91. The summed E-state index contributed by atoms with van der Waals surface area (Å²) in [4.78, 5) is 14.4. The van der Waals surface area contributed by atoms with E-state index in [-0.39, 0.29) is 37.6 Å². The molecule has 0 saturated carbocycles. The Morgan fingerprint density at radius 1 is 0.766 bits per heavy atom. The summed E-state index contributed by atoms with van der Waals surface area (Å²) in [6.45, 7) is 0.461. The highest BCUT2D eigenvalue weighted by Crippen LogP contribution is 2.44. The highest BCUT2D eigenvalue weighted by Gasteiger charge is 2.35. The predicted molar refractivity (Wildman–Crippen MR) is 174 cm³/mol. The van der Waals surface area contributed by atoms with Gasteiger partial charge in [-0.25, -0.2) is 21.6 Å². The Labute approximate surface area is 277 Å². The zero-order valence-corrected chi connectivity index (χ0v) is 27.4. The predicted octanol–water partition coefficient (Wildman–Crippen LogP) is 3.92. The van der Waals surface area contributed by atoms with Gasteiger partial charge in [-0.15, -0.1) is 0 Å². The van der Waals surface area contributed by atoms with Gasteiger partial charge in [-0.2, -0.15) is 4.31 Å². The van der Waals surface area contributed by atoms with Crippen molar-refractivity contribution >= 4 is 37.6 Å². The number of carbonyl (C=O) groups is 1. The number of amides is 1. The molecule has 4 aromatic rings. The monoisotopic (exact) mass is 697 g/mol. The maximum Gasteiger partial charge on any atom is 0.258 e. The number of aromatic hydroxyl groups is 3. The molecule has 0 aliphatic carbocycles. The fraction of sp³-hybridized carbons (Fsp3) is 0.242. The van der Waals surface area contributed by atoms with E-state index in [1.54, 1.807) is 24.3 Å². The average molecular weight is 698 g/mol. The number of carbonyl (C=O) groups excluding carboxylic acids is 1. The van der Waals surface area contributed by atoms with E-state index in [2.05, 4.69) is 4.72 Å². The second kappa shape index (κ2) is 12.8. The quantitative estimate of drug-likeness (QED) is 0.201. The van der Waals surface area contributed by atoms with E-state index in [0.717, 1.165) is 32.6 Å². The highest BCUT2D eigenvalue weighted by atomic mass is 35.5. The average Bonchev–Trinajstić information content (AvgIpc) is 3.07. The van der Waals surface area contributed by atoms with Crippen LogP contribution in [0.3, 0.4) is 0 Å². The van der Waals surface area contributed by atoms with Crippen LogP contribution in [0.2, 0.25) is 5.02 Å². The van der Waals surface area contributed by atoms with Crippen molar-refractivity contribution < 1.29 is 36.9 Å². The van der Waals surface area contributed by atoms with Gasteiger partial charge in [0.25, 0.3) is 5.91 Å². The molecule has 47 heavy (non-hydrogen) atoms. The molecule has 2 aliphatic heterocycles. The summed E-state index contributed by atoms with van der Waals surface area (Å²) in [5, 5.41) is 32.4. The van der Waals surface area contributed by atoms with Crippen molar-refractivity contribution in [3.8, 4) is 17.2 Å². The van der Waals surface area contributed by atoms with Gasteiger partial charge in [-0.05, 0) is 77.4 Å². The number of benzene rings is 4. The van der Waals surface area contributed by atoms with Crippen molar-refractivity contribution in [1.82, 2.24) is 13.9 Å². The van der Waals surface area contributed by atoms with Crippen LogP contribution in [0.4, 0.5) is 0 Å². The van der Waals surface area contributed by atoms with Crippen LogP contribution in [-0.4, -0.2) is 66.9 Å². The number of hydrogen-bond donors (Lipinski definition) is 4. The van der Waals surface area contributed by atoms with Crippen LogP contribution in [0.1, 0.15) is 38.2 Å². The van der Waals surface area contributed by atoms with Crippen LogP contribution >= 0.6 is 11.6 Å². The number of fused-ring (bicyclic) bond motifs is 2. The molecule has 246 valence electrons. The van der Waals surface area contributed by atoms with Crippen LogP contribution in [0.25, 0.3) is 0 Å². The van der Waals surface area contributed by atoms with Gasteiger partial charge < -0.3 is 20.2 Å². The Bertz CT molecular complexity index is 2090. The van der Waals surface area contributed by atoms with Gasteiger partial charge in [-0.1, -0.05) is 54.1 Å². The van der Waals surface area contributed by atoms with Gasteiger partial charge in [-0.3, -0.25) is 4.79 Å². The van der Waals surface area contributed by atoms with E-state index in [1.165, 1.54) is 17.0 Å². The molecule has 0 spiro atoms. The van der Waals surface area contributed by atoms with E-state index >= 15 is 0 Å². The smallest absolute Gasteiger partial charge is 0.258 e. The minimum atomic E-state index is -4.40. The van der Waals surface area contributed by atoms with Crippen molar-refractivity contribution in [2.45, 2.75) is 42.1 Å². The molecule has 0 saturated heterocycles. The third-order valence-corrected chi connectivity index (χ3v) is 12.1. The summed E-state index contributed by atoms with van der Waals surface area (Å²) in [7, 11) is -8.28. The Hall–Kier alpha value is -4.14. The van der Waals surface area contributed by atoms with Crippen molar-refractivity contribution in [2.75, 3.05) is 19.6 Å². The standard InChI is InChI=1S/C33H32ClN3O8S2/c34-26-8-5-21(6-9-26)11-14-35-46(42,43)27-10-7-23-12-15-36(19-25(23)17-27)33(41)28-18-29(31(39)32(40)30(28)38)47(44,45)37-16-13-22-3-1-2-4-24(22)20-37/h1-10,17-18,35,38-40H,11-16,19-20H2. The Morgan fingerprint density at radius 2 is 1.45 bits per heavy atom. The summed E-state index contributed by atoms with van der Waals surface area (Å²) in [5.74, 6) is -3.93. The molecular weight excluding hydrogens is 666 g/mol. The SMILES string of the molecule is O=C(c1cc(S(=O)(=O)N2CCc3ccccc3C2)c(O)c(O)c1O)N1CCc2ccc(S(=O)(=O)NCCc3ccc(Cl)cc3)cc2C1. The molecule has 0 aromatic heterocycles. The largest absolute Gasteiger partial charge is 0.504 e. The molecule has 4 aromatic carbocycles. The molecule has 6 rings (SSSR count). The van der Waals surface area contributed by atoms with Crippen LogP contribution in [0.5, 0.6) is 17.2 Å². The number of phenolic OH excluding ortho intramolecular Hbond substituents is 3. The number of sulfonamides is 2. The number of hydrogen-bond acceptors (Lipinski definition) is 8. The molecule has 0 atom stereocenters. The van der Waals surface area contributed by atoms with Crippen LogP contribution in [0, 0.1) is 0 Å². The van der Waals surface area contributed by atoms with Crippen LogP contribution in [0.15, 0.2) is 82.6 Å². The fourth-order valence-corrected chi connectivity index (χ4v) is 8.64. The summed E-state index contributed by atoms with van der Waals surface area (Å²) in [6.07, 6.45) is 1.26. The number of nitrogens with zero attached hydrogens (tertiary/aromatic N) is 2. The summed E-state index contributed by atoms with van der Waals surface area (Å²) in [5.41, 5.74) is 3.60. The lowest BCUT2D eigenvalue weighted by Gasteiger charge is -2.30. The Kier molecular flexibility index (Phi) is 8.94. The van der Waals surface area contributed by atoms with E-state index in [0.29, 0.717) is 29.8 Å². The van der Waals surface area contributed by atoms with Crippen molar-refractivity contribution in [3.05, 3.63) is 111 Å². The number of halogens is 1. The molecule has 2 aliphatic rings. The van der Waals surface area contributed by atoms with Crippen LogP contribution < -0.4 is 4.72 Å². The van der Waals surface area contributed by atoms with Crippen LogP contribution in [-0.2, 0) is 52.4 Å². The van der Waals surface area contributed by atoms with Gasteiger partial charge in [0.05, 0.1) is 10.5 Å². The lowest BCUT2D eigenvalue weighted by molar-refractivity contribution is 0.0730. The molecule has 0 fully saturated rings. The van der Waals surface area contributed by atoms with E-state index < -0.39 is 53.7 Å². The summed E-state index contributed by atoms with van der Waals surface area (Å²) in [6, 6.07) is 20.0. The van der Waals surface area contributed by atoms with E-state index in [9.17, 15) is 36.9 Å². The zero-order valence-electron chi connectivity index (χ0n) is 25.1. The molecule has 0 radical (unpaired) electrons. The van der Waals surface area contributed by atoms with Crippen molar-refractivity contribution in [2.24, 2.45) is 0 Å². The number of phenols is 3. The van der Waals surface area contributed by atoms with Crippen molar-refractivity contribution in [1.29, 1.82) is 0 Å². The first-order valence-corrected chi connectivity index (χ1v) is 18.2. The fourth-order valence-electron chi connectivity index (χ4n) is 5.91. The number of nitrogens with one attached hydrogen (secondary N) is 1. The minimum absolute atomic E-state index is 0.0169. The molecule has 0 unspecified atom stereocenters. The minimum Gasteiger partial charge on any atom is -0.504 e. The molecule has 2 heterocycles. The third kappa shape index (κ3) is 6.54. The molecule has 14 heteroatoms. The molecule has 1 amide bonds. The second-order valence-electron chi connectivity index (χ2n) is 11.5. The number of rotatable bonds is 8. The van der Waals surface area contributed by atoms with Crippen molar-refractivity contribution in [3.63, 3.8) is 0 Å². The third-order valence-electron chi connectivity index (χ3n) is 8.56. The maximum atomic E-state index is 13.7. The zero-order chi connectivity index (χ0) is 33.5. The Morgan fingerprint density at radius 3 is 2.19 bits per heavy atom. The first kappa shape index (κ1) is 32.8. The van der Waals surface area contributed by atoms with Gasteiger partial charge >= 0.3 is 0 Å². The summed E-state index contributed by atoms with van der Waals surface area (Å²) < 4.78 is 57.3. The highest BCUT2D eigenvalue weighted by molar-refractivity contribution is 7.89. The lowest BCUT2D eigenvalue weighted by atomic mass is 9.99. The second-order valence-corrected chi connectivity index (χ2v) is 15.6. The van der Waals surface area contributed by atoms with Gasteiger partial charge in [0.15, 0.2) is 11.5 Å². The topological polar surface area (TPSA) is 165 Å². The van der Waals surface area contributed by atoms with Gasteiger partial charge in [0.2, 0.25) is 25.8 Å². The first-order valence-electron chi connectivity index (χ1n) is 14.8. The molecule has 0 bridgehead atoms.